The van der Waals surface area contributed by atoms with Gasteiger partial charge in [0.2, 0.25) is 11.8 Å². The van der Waals surface area contributed by atoms with Crippen LogP contribution in [0.25, 0.3) is 0 Å². The molecule has 1 aromatic carbocycles. The van der Waals surface area contributed by atoms with E-state index in [0.717, 1.165) is 12.1 Å². The first-order chi connectivity index (χ1) is 9.15. The van der Waals surface area contributed by atoms with E-state index in [2.05, 4.69) is 16.0 Å². The Labute approximate surface area is 112 Å². The van der Waals surface area contributed by atoms with Gasteiger partial charge in [0.05, 0.1) is 6.04 Å². The van der Waals surface area contributed by atoms with Crippen LogP contribution in [0.15, 0.2) is 30.3 Å². The van der Waals surface area contributed by atoms with E-state index in [1.54, 1.807) is 0 Å². The maximum atomic E-state index is 12.0. The molecule has 2 rings (SSSR count). The SMILES string of the molecule is CC(NC1CCC(=O)NC1)C(=O)Nc1ccccc1. The number of nitrogens with one attached hydrogen (secondary N) is 3. The molecule has 1 aliphatic rings. The molecule has 1 heterocycles. The molecule has 0 aliphatic carbocycles. The number of hydrogen-bond donors (Lipinski definition) is 3. The zero-order valence-corrected chi connectivity index (χ0v) is 11.0. The molecule has 0 spiro atoms. The summed E-state index contributed by atoms with van der Waals surface area (Å²) in [7, 11) is 0. The van der Waals surface area contributed by atoms with Crippen molar-refractivity contribution in [3.05, 3.63) is 30.3 Å². The first kappa shape index (κ1) is 13.5. The molecule has 0 bridgehead atoms. The highest BCUT2D eigenvalue weighted by atomic mass is 16.2. The van der Waals surface area contributed by atoms with Gasteiger partial charge in [-0.1, -0.05) is 18.2 Å². The molecule has 2 unspecified atom stereocenters. The van der Waals surface area contributed by atoms with Gasteiger partial charge in [-0.2, -0.15) is 0 Å². The monoisotopic (exact) mass is 261 g/mol. The van der Waals surface area contributed by atoms with Gasteiger partial charge in [0.25, 0.3) is 0 Å². The van der Waals surface area contributed by atoms with Crippen LogP contribution in [0.4, 0.5) is 5.69 Å². The number of carbonyl (C=O) groups is 2. The van der Waals surface area contributed by atoms with Gasteiger partial charge in [0.15, 0.2) is 0 Å². The second-order valence-electron chi connectivity index (χ2n) is 4.78. The van der Waals surface area contributed by atoms with Crippen LogP contribution >= 0.6 is 0 Å². The van der Waals surface area contributed by atoms with Crippen LogP contribution in [0.5, 0.6) is 0 Å². The molecular formula is C14H19N3O2. The lowest BCUT2D eigenvalue weighted by Crippen LogP contribution is -2.51. The molecule has 1 aromatic rings. The van der Waals surface area contributed by atoms with Gasteiger partial charge in [-0.15, -0.1) is 0 Å². The summed E-state index contributed by atoms with van der Waals surface area (Å²) >= 11 is 0. The number of carbonyl (C=O) groups excluding carboxylic acids is 2. The van der Waals surface area contributed by atoms with Gasteiger partial charge < -0.3 is 16.0 Å². The van der Waals surface area contributed by atoms with Crippen molar-refractivity contribution in [2.45, 2.75) is 31.8 Å². The molecule has 1 saturated heterocycles. The minimum Gasteiger partial charge on any atom is -0.355 e. The van der Waals surface area contributed by atoms with Crippen LogP contribution in [0.2, 0.25) is 0 Å². The van der Waals surface area contributed by atoms with Crippen molar-refractivity contribution in [2.75, 3.05) is 11.9 Å². The molecule has 1 aliphatic heterocycles. The van der Waals surface area contributed by atoms with Gasteiger partial charge in [0, 0.05) is 24.7 Å². The van der Waals surface area contributed by atoms with Crippen molar-refractivity contribution in [1.29, 1.82) is 0 Å². The van der Waals surface area contributed by atoms with Crippen LogP contribution in [-0.4, -0.2) is 30.4 Å². The van der Waals surface area contributed by atoms with E-state index in [1.807, 2.05) is 37.3 Å². The number of anilines is 1. The maximum Gasteiger partial charge on any atom is 0.241 e. The predicted molar refractivity (Wildman–Crippen MR) is 73.7 cm³/mol. The van der Waals surface area contributed by atoms with E-state index in [9.17, 15) is 9.59 Å². The Kier molecular flexibility index (Phi) is 4.52. The molecule has 0 aromatic heterocycles. The number of piperidine rings is 1. The summed E-state index contributed by atoms with van der Waals surface area (Å²) in [4.78, 5) is 23.0. The molecule has 19 heavy (non-hydrogen) atoms. The number of para-hydroxylation sites is 1. The zero-order valence-electron chi connectivity index (χ0n) is 11.0. The van der Waals surface area contributed by atoms with Crippen molar-refractivity contribution in [3.63, 3.8) is 0 Å². The zero-order chi connectivity index (χ0) is 13.7. The van der Waals surface area contributed by atoms with Crippen LogP contribution in [-0.2, 0) is 9.59 Å². The fourth-order valence-corrected chi connectivity index (χ4v) is 2.08. The molecule has 3 N–H and O–H groups in total. The topological polar surface area (TPSA) is 70.2 Å². The minimum absolute atomic E-state index is 0.0666. The summed E-state index contributed by atoms with van der Waals surface area (Å²) in [6.07, 6.45) is 1.29. The first-order valence-corrected chi connectivity index (χ1v) is 6.54. The third-order valence-corrected chi connectivity index (χ3v) is 3.19. The van der Waals surface area contributed by atoms with E-state index in [4.69, 9.17) is 0 Å². The molecule has 5 heteroatoms. The quantitative estimate of drug-likeness (QED) is 0.753. The predicted octanol–water partition coefficient (Wildman–Crippen LogP) is 0.882. The van der Waals surface area contributed by atoms with Gasteiger partial charge >= 0.3 is 0 Å². The summed E-state index contributed by atoms with van der Waals surface area (Å²) in [5, 5.41) is 8.88. The Morgan fingerprint density at radius 1 is 1.37 bits per heavy atom. The smallest absolute Gasteiger partial charge is 0.241 e. The Hall–Kier alpha value is -1.88. The van der Waals surface area contributed by atoms with Crippen LogP contribution in [0.1, 0.15) is 19.8 Å². The molecule has 5 nitrogen and oxygen atoms in total. The Bertz CT molecular complexity index is 437. The van der Waals surface area contributed by atoms with Crippen molar-refractivity contribution in [2.24, 2.45) is 0 Å². The second kappa shape index (κ2) is 6.33. The molecule has 0 radical (unpaired) electrons. The van der Waals surface area contributed by atoms with E-state index >= 15 is 0 Å². The van der Waals surface area contributed by atoms with Crippen molar-refractivity contribution >= 4 is 17.5 Å². The summed E-state index contributed by atoms with van der Waals surface area (Å²) in [6.45, 7) is 2.41. The Morgan fingerprint density at radius 2 is 2.11 bits per heavy atom. The maximum absolute atomic E-state index is 12.0. The van der Waals surface area contributed by atoms with Crippen LogP contribution < -0.4 is 16.0 Å². The fraction of sp³-hybridized carbons (Fsp3) is 0.429. The average Bonchev–Trinajstić information content (AvgIpc) is 2.42. The Balaban J connectivity index is 1.81. The van der Waals surface area contributed by atoms with Crippen molar-refractivity contribution in [1.82, 2.24) is 10.6 Å². The first-order valence-electron chi connectivity index (χ1n) is 6.54. The lowest BCUT2D eigenvalue weighted by Gasteiger charge is -2.26. The summed E-state index contributed by atoms with van der Waals surface area (Å²) in [5.74, 6) is 0.0162. The van der Waals surface area contributed by atoms with Gasteiger partial charge in [-0.05, 0) is 25.5 Å². The number of hydrogen-bond acceptors (Lipinski definition) is 3. The number of benzene rings is 1. The molecule has 2 amide bonds. The summed E-state index contributed by atoms with van der Waals surface area (Å²) < 4.78 is 0. The van der Waals surface area contributed by atoms with E-state index in [-0.39, 0.29) is 23.9 Å². The van der Waals surface area contributed by atoms with E-state index in [1.165, 1.54) is 0 Å². The summed E-state index contributed by atoms with van der Waals surface area (Å²) in [6, 6.07) is 9.24. The standard InChI is InChI=1S/C14H19N3O2/c1-10(16-12-7-8-13(18)15-9-12)14(19)17-11-5-3-2-4-6-11/h2-6,10,12,16H,7-9H2,1H3,(H,15,18)(H,17,19). The van der Waals surface area contributed by atoms with Crippen LogP contribution in [0, 0.1) is 0 Å². The van der Waals surface area contributed by atoms with E-state index < -0.39 is 0 Å². The lowest BCUT2D eigenvalue weighted by molar-refractivity contribution is -0.122. The molecule has 0 saturated carbocycles. The van der Waals surface area contributed by atoms with Crippen LogP contribution in [0.3, 0.4) is 0 Å². The highest BCUT2D eigenvalue weighted by Crippen LogP contribution is 2.07. The highest BCUT2D eigenvalue weighted by molar-refractivity contribution is 5.94. The minimum atomic E-state index is -0.291. The second-order valence-corrected chi connectivity index (χ2v) is 4.78. The molecule has 1 fully saturated rings. The Morgan fingerprint density at radius 3 is 2.74 bits per heavy atom. The van der Waals surface area contributed by atoms with Crippen molar-refractivity contribution in [3.8, 4) is 0 Å². The third-order valence-electron chi connectivity index (χ3n) is 3.19. The molecular weight excluding hydrogens is 242 g/mol. The fourth-order valence-electron chi connectivity index (χ4n) is 2.08. The van der Waals surface area contributed by atoms with Gasteiger partial charge in [-0.25, -0.2) is 0 Å². The average molecular weight is 261 g/mol. The largest absolute Gasteiger partial charge is 0.355 e. The van der Waals surface area contributed by atoms with E-state index in [0.29, 0.717) is 13.0 Å². The normalized spacial score (nSPS) is 20.5. The number of rotatable bonds is 4. The third kappa shape index (κ3) is 4.06. The van der Waals surface area contributed by atoms with Gasteiger partial charge in [-0.3, -0.25) is 9.59 Å². The molecule has 2 atom stereocenters. The number of amides is 2. The summed E-state index contributed by atoms with van der Waals surface area (Å²) in [5.41, 5.74) is 0.790. The highest BCUT2D eigenvalue weighted by Gasteiger charge is 2.22. The lowest BCUT2D eigenvalue weighted by atomic mass is 10.1. The van der Waals surface area contributed by atoms with Crippen molar-refractivity contribution < 1.29 is 9.59 Å². The molecule has 102 valence electrons. The van der Waals surface area contributed by atoms with Gasteiger partial charge in [0.1, 0.15) is 0 Å².